The molecule has 1 atom stereocenters. The van der Waals surface area contributed by atoms with Crippen LogP contribution in [0.4, 0.5) is 0 Å². The number of nitrogens with one attached hydrogen (secondary N) is 1. The van der Waals surface area contributed by atoms with Crippen molar-refractivity contribution in [3.63, 3.8) is 0 Å². The molecule has 0 amide bonds. The molecule has 64 valence electrons. The zero-order chi connectivity index (χ0) is 8.10. The Balaban J connectivity index is 2.17. The highest BCUT2D eigenvalue weighted by molar-refractivity contribution is 5.49. The van der Waals surface area contributed by atoms with E-state index in [9.17, 15) is 4.79 Å². The molecule has 0 spiro atoms. The van der Waals surface area contributed by atoms with Gasteiger partial charge in [-0.1, -0.05) is 0 Å². The number of nitrogens with zero attached hydrogens (tertiary/aromatic N) is 1. The Morgan fingerprint density at radius 3 is 3.18 bits per heavy atom. The molecular weight excluding hydrogens is 140 g/mol. The summed E-state index contributed by atoms with van der Waals surface area (Å²) in [6, 6.07) is 0.579. The van der Waals surface area contributed by atoms with E-state index < -0.39 is 0 Å². The molecule has 1 N–H and O–H groups in total. The van der Waals surface area contributed by atoms with Crippen molar-refractivity contribution in [3.8, 4) is 0 Å². The first-order valence-corrected chi connectivity index (χ1v) is 4.22. The molecule has 0 saturated carbocycles. The van der Waals surface area contributed by atoms with Crippen LogP contribution in [-0.4, -0.2) is 43.4 Å². The maximum absolute atomic E-state index is 10.1. The van der Waals surface area contributed by atoms with E-state index in [4.69, 9.17) is 0 Å². The van der Waals surface area contributed by atoms with Crippen LogP contribution in [0.3, 0.4) is 0 Å². The summed E-state index contributed by atoms with van der Waals surface area (Å²) < 4.78 is 0. The van der Waals surface area contributed by atoms with Crippen LogP contribution in [0.1, 0.15) is 13.3 Å². The second kappa shape index (κ2) is 4.46. The summed E-state index contributed by atoms with van der Waals surface area (Å²) in [7, 11) is 0. The van der Waals surface area contributed by atoms with Gasteiger partial charge in [0.1, 0.15) is 6.29 Å². The van der Waals surface area contributed by atoms with Gasteiger partial charge in [0.25, 0.3) is 0 Å². The number of carbonyl (C=O) groups excluding carboxylic acids is 1. The number of hydrogen-bond donors (Lipinski definition) is 1. The minimum absolute atomic E-state index is 0.579. The summed E-state index contributed by atoms with van der Waals surface area (Å²) in [6.07, 6.45) is 1.67. The van der Waals surface area contributed by atoms with Crippen molar-refractivity contribution in [2.45, 2.75) is 19.4 Å². The summed E-state index contributed by atoms with van der Waals surface area (Å²) in [4.78, 5) is 12.4. The van der Waals surface area contributed by atoms with Gasteiger partial charge in [-0.2, -0.15) is 0 Å². The SMILES string of the molecule is CC1CN(CCC=O)CCN1. The van der Waals surface area contributed by atoms with E-state index in [1.165, 1.54) is 0 Å². The van der Waals surface area contributed by atoms with Gasteiger partial charge in [-0.05, 0) is 6.92 Å². The van der Waals surface area contributed by atoms with Gasteiger partial charge in [0.15, 0.2) is 0 Å². The molecule has 11 heavy (non-hydrogen) atoms. The van der Waals surface area contributed by atoms with Crippen LogP contribution < -0.4 is 5.32 Å². The van der Waals surface area contributed by atoms with Crippen molar-refractivity contribution in [2.75, 3.05) is 26.2 Å². The lowest BCUT2D eigenvalue weighted by Gasteiger charge is -2.31. The summed E-state index contributed by atoms with van der Waals surface area (Å²) in [5.41, 5.74) is 0. The second-order valence-corrected chi connectivity index (χ2v) is 3.11. The molecule has 1 unspecified atom stereocenters. The fourth-order valence-corrected chi connectivity index (χ4v) is 1.45. The average Bonchev–Trinajstić information content (AvgIpc) is 2.01. The highest BCUT2D eigenvalue weighted by atomic mass is 16.1. The Morgan fingerprint density at radius 1 is 1.73 bits per heavy atom. The second-order valence-electron chi connectivity index (χ2n) is 3.11. The summed E-state index contributed by atoms with van der Waals surface area (Å²) in [5, 5.41) is 3.36. The molecule has 0 aromatic rings. The topological polar surface area (TPSA) is 32.3 Å². The van der Waals surface area contributed by atoms with Crippen LogP contribution in [0.5, 0.6) is 0 Å². The Morgan fingerprint density at radius 2 is 2.55 bits per heavy atom. The molecule has 3 heteroatoms. The van der Waals surface area contributed by atoms with Crippen molar-refractivity contribution >= 4 is 6.29 Å². The first-order valence-electron chi connectivity index (χ1n) is 4.22. The number of hydrogen-bond acceptors (Lipinski definition) is 3. The van der Waals surface area contributed by atoms with E-state index in [-0.39, 0.29) is 0 Å². The molecule has 0 radical (unpaired) electrons. The molecule has 1 fully saturated rings. The van der Waals surface area contributed by atoms with Crippen LogP contribution in [0, 0.1) is 0 Å². The average molecular weight is 156 g/mol. The third kappa shape index (κ3) is 2.99. The molecule has 1 rings (SSSR count). The maximum Gasteiger partial charge on any atom is 0.121 e. The first kappa shape index (κ1) is 8.68. The van der Waals surface area contributed by atoms with Gasteiger partial charge in [0.2, 0.25) is 0 Å². The predicted octanol–water partition coefficient (Wildman–Crippen LogP) is -0.131. The van der Waals surface area contributed by atoms with Gasteiger partial charge in [0, 0.05) is 38.6 Å². The molecule has 0 aliphatic carbocycles. The van der Waals surface area contributed by atoms with Crippen LogP contribution in [0.2, 0.25) is 0 Å². The maximum atomic E-state index is 10.1. The Bertz CT molecular complexity index is 127. The molecule has 1 aliphatic heterocycles. The standard InChI is InChI=1S/C8H16N2O/c1-8-7-10(4-2-6-11)5-3-9-8/h6,8-9H,2-5,7H2,1H3. The lowest BCUT2D eigenvalue weighted by Crippen LogP contribution is -2.49. The third-order valence-electron chi connectivity index (χ3n) is 2.02. The van der Waals surface area contributed by atoms with Gasteiger partial charge >= 0.3 is 0 Å². The van der Waals surface area contributed by atoms with Gasteiger partial charge in [-0.25, -0.2) is 0 Å². The number of aldehydes is 1. The van der Waals surface area contributed by atoms with E-state index in [1.807, 2.05) is 0 Å². The van der Waals surface area contributed by atoms with Crippen molar-refractivity contribution in [1.29, 1.82) is 0 Å². The minimum Gasteiger partial charge on any atom is -0.312 e. The number of rotatable bonds is 3. The van der Waals surface area contributed by atoms with Crippen LogP contribution in [-0.2, 0) is 4.79 Å². The van der Waals surface area contributed by atoms with Crippen LogP contribution in [0.25, 0.3) is 0 Å². The molecule has 1 saturated heterocycles. The monoisotopic (exact) mass is 156 g/mol. The van der Waals surface area contributed by atoms with Gasteiger partial charge < -0.3 is 15.0 Å². The fraction of sp³-hybridized carbons (Fsp3) is 0.875. The first-order chi connectivity index (χ1) is 5.33. The fourth-order valence-electron chi connectivity index (χ4n) is 1.45. The van der Waals surface area contributed by atoms with E-state index in [1.54, 1.807) is 0 Å². The molecule has 3 nitrogen and oxygen atoms in total. The quantitative estimate of drug-likeness (QED) is 0.578. The minimum atomic E-state index is 0.579. The predicted molar refractivity (Wildman–Crippen MR) is 44.6 cm³/mol. The smallest absolute Gasteiger partial charge is 0.121 e. The Labute approximate surface area is 67.8 Å². The molecular formula is C8H16N2O. The molecule has 1 aliphatic rings. The lowest BCUT2D eigenvalue weighted by atomic mass is 10.2. The highest BCUT2D eigenvalue weighted by Crippen LogP contribution is 1.97. The lowest BCUT2D eigenvalue weighted by molar-refractivity contribution is -0.108. The van der Waals surface area contributed by atoms with E-state index >= 15 is 0 Å². The van der Waals surface area contributed by atoms with Crippen molar-refractivity contribution in [1.82, 2.24) is 10.2 Å². The zero-order valence-corrected chi connectivity index (χ0v) is 7.05. The summed E-state index contributed by atoms with van der Waals surface area (Å²) >= 11 is 0. The van der Waals surface area contributed by atoms with Gasteiger partial charge in [-0.3, -0.25) is 0 Å². The zero-order valence-electron chi connectivity index (χ0n) is 7.05. The van der Waals surface area contributed by atoms with E-state index in [0.717, 1.165) is 32.5 Å². The number of carbonyl (C=O) groups is 1. The Kier molecular flexibility index (Phi) is 3.52. The molecule has 1 heterocycles. The van der Waals surface area contributed by atoms with Gasteiger partial charge in [-0.15, -0.1) is 0 Å². The molecule has 0 aromatic carbocycles. The largest absolute Gasteiger partial charge is 0.312 e. The molecule has 0 aromatic heterocycles. The number of piperazine rings is 1. The van der Waals surface area contributed by atoms with Gasteiger partial charge in [0.05, 0.1) is 0 Å². The van der Waals surface area contributed by atoms with Crippen LogP contribution in [0.15, 0.2) is 0 Å². The van der Waals surface area contributed by atoms with Crippen LogP contribution >= 0.6 is 0 Å². The third-order valence-corrected chi connectivity index (χ3v) is 2.02. The van der Waals surface area contributed by atoms with Crippen molar-refractivity contribution < 1.29 is 4.79 Å². The summed E-state index contributed by atoms with van der Waals surface area (Å²) in [5.74, 6) is 0. The summed E-state index contributed by atoms with van der Waals surface area (Å²) in [6.45, 7) is 6.31. The van der Waals surface area contributed by atoms with Crippen molar-refractivity contribution in [2.24, 2.45) is 0 Å². The molecule has 0 bridgehead atoms. The normalized spacial score (nSPS) is 26.8. The van der Waals surface area contributed by atoms with E-state index in [0.29, 0.717) is 12.5 Å². The van der Waals surface area contributed by atoms with Crippen molar-refractivity contribution in [3.05, 3.63) is 0 Å². The highest BCUT2D eigenvalue weighted by Gasteiger charge is 2.13. The Hall–Kier alpha value is -0.410. The van der Waals surface area contributed by atoms with E-state index in [2.05, 4.69) is 17.1 Å².